The Kier molecular flexibility index (Phi) is 6.20. The molecule has 2 aromatic carbocycles. The van der Waals surface area contributed by atoms with E-state index in [1.165, 1.54) is 5.56 Å². The molecule has 1 heterocycles. The first-order chi connectivity index (χ1) is 13.1. The lowest BCUT2D eigenvalue weighted by Gasteiger charge is -2.05. The van der Waals surface area contributed by atoms with Crippen molar-refractivity contribution in [2.45, 2.75) is 26.2 Å². The van der Waals surface area contributed by atoms with Crippen LogP contribution in [0, 0.1) is 6.92 Å². The van der Waals surface area contributed by atoms with Crippen LogP contribution in [0.2, 0.25) is 0 Å². The topological polar surface area (TPSA) is 77.2 Å². The number of hydrogen-bond donors (Lipinski definition) is 1. The SMILES string of the molecule is COc1ccc(CCNC(=O)CCc2nnc(-c3ccc(C)cc3)o2)cc1. The summed E-state index contributed by atoms with van der Waals surface area (Å²) in [5.74, 6) is 1.74. The second-order valence-electron chi connectivity index (χ2n) is 6.32. The molecule has 0 unspecified atom stereocenters. The number of hydrogen-bond acceptors (Lipinski definition) is 5. The third kappa shape index (κ3) is 5.41. The van der Waals surface area contributed by atoms with Gasteiger partial charge in [0, 0.05) is 24.9 Å². The minimum Gasteiger partial charge on any atom is -0.497 e. The van der Waals surface area contributed by atoms with Crippen LogP contribution < -0.4 is 10.1 Å². The number of nitrogens with one attached hydrogen (secondary N) is 1. The zero-order valence-corrected chi connectivity index (χ0v) is 15.6. The van der Waals surface area contributed by atoms with Crippen molar-refractivity contribution in [2.24, 2.45) is 0 Å². The van der Waals surface area contributed by atoms with Crippen molar-refractivity contribution in [3.63, 3.8) is 0 Å². The Morgan fingerprint density at radius 2 is 1.78 bits per heavy atom. The molecule has 1 amide bonds. The molecule has 1 aromatic heterocycles. The number of nitrogens with zero attached hydrogens (tertiary/aromatic N) is 2. The predicted molar refractivity (Wildman–Crippen MR) is 102 cm³/mol. The molecule has 0 saturated carbocycles. The molecule has 0 aliphatic rings. The van der Waals surface area contributed by atoms with Crippen LogP contribution in [0.4, 0.5) is 0 Å². The van der Waals surface area contributed by atoms with E-state index in [1.54, 1.807) is 7.11 Å². The fourth-order valence-corrected chi connectivity index (χ4v) is 2.61. The second-order valence-corrected chi connectivity index (χ2v) is 6.32. The maximum atomic E-state index is 12.0. The number of carbonyl (C=O) groups excluding carboxylic acids is 1. The van der Waals surface area contributed by atoms with Gasteiger partial charge < -0.3 is 14.5 Å². The average Bonchev–Trinajstić information content (AvgIpc) is 3.16. The zero-order chi connectivity index (χ0) is 19.1. The zero-order valence-electron chi connectivity index (χ0n) is 15.6. The van der Waals surface area contributed by atoms with Crippen molar-refractivity contribution in [1.29, 1.82) is 0 Å². The Labute approximate surface area is 158 Å². The van der Waals surface area contributed by atoms with Crippen LogP contribution >= 0.6 is 0 Å². The molecule has 27 heavy (non-hydrogen) atoms. The molecule has 1 N–H and O–H groups in total. The van der Waals surface area contributed by atoms with E-state index in [0.717, 1.165) is 23.3 Å². The number of ether oxygens (including phenoxy) is 1. The van der Waals surface area contributed by atoms with Crippen LogP contribution in [0.5, 0.6) is 5.75 Å². The fraction of sp³-hybridized carbons (Fsp3) is 0.286. The monoisotopic (exact) mass is 365 g/mol. The van der Waals surface area contributed by atoms with E-state index < -0.39 is 0 Å². The van der Waals surface area contributed by atoms with Gasteiger partial charge in [-0.2, -0.15) is 0 Å². The standard InChI is InChI=1S/C21H23N3O3/c1-15-3-7-17(8-4-15)21-24-23-20(27-21)12-11-19(25)22-14-13-16-5-9-18(26-2)10-6-16/h3-10H,11-14H2,1-2H3,(H,22,25). The van der Waals surface area contributed by atoms with Gasteiger partial charge in [0.05, 0.1) is 7.11 Å². The van der Waals surface area contributed by atoms with Gasteiger partial charge in [-0.1, -0.05) is 29.8 Å². The number of aromatic nitrogens is 2. The molecule has 0 radical (unpaired) electrons. The first kappa shape index (κ1) is 18.6. The van der Waals surface area contributed by atoms with Crippen molar-refractivity contribution < 1.29 is 13.9 Å². The number of carbonyl (C=O) groups is 1. The molecule has 6 nitrogen and oxygen atoms in total. The van der Waals surface area contributed by atoms with Crippen LogP contribution in [0.25, 0.3) is 11.5 Å². The first-order valence-electron chi connectivity index (χ1n) is 8.93. The maximum Gasteiger partial charge on any atom is 0.247 e. The van der Waals surface area contributed by atoms with Crippen molar-refractivity contribution >= 4 is 5.91 Å². The van der Waals surface area contributed by atoms with Crippen LogP contribution in [-0.2, 0) is 17.6 Å². The lowest BCUT2D eigenvalue weighted by molar-refractivity contribution is -0.121. The number of amides is 1. The average molecular weight is 365 g/mol. The fourth-order valence-electron chi connectivity index (χ4n) is 2.61. The van der Waals surface area contributed by atoms with E-state index in [9.17, 15) is 4.79 Å². The van der Waals surface area contributed by atoms with E-state index in [-0.39, 0.29) is 5.91 Å². The second kappa shape index (κ2) is 8.98. The molecule has 0 atom stereocenters. The molecule has 0 bridgehead atoms. The molecule has 3 aromatic rings. The highest BCUT2D eigenvalue weighted by atomic mass is 16.5. The summed E-state index contributed by atoms with van der Waals surface area (Å²) < 4.78 is 10.8. The summed E-state index contributed by atoms with van der Waals surface area (Å²) in [4.78, 5) is 12.0. The van der Waals surface area contributed by atoms with Crippen molar-refractivity contribution in [2.75, 3.05) is 13.7 Å². The summed E-state index contributed by atoms with van der Waals surface area (Å²) in [6.45, 7) is 2.61. The van der Waals surface area contributed by atoms with E-state index >= 15 is 0 Å². The van der Waals surface area contributed by atoms with Crippen LogP contribution in [-0.4, -0.2) is 29.8 Å². The number of methoxy groups -OCH3 is 1. The van der Waals surface area contributed by atoms with Gasteiger partial charge in [-0.25, -0.2) is 0 Å². The highest BCUT2D eigenvalue weighted by molar-refractivity contribution is 5.76. The van der Waals surface area contributed by atoms with Crippen molar-refractivity contribution in [1.82, 2.24) is 15.5 Å². The van der Waals surface area contributed by atoms with Gasteiger partial charge >= 0.3 is 0 Å². The molecule has 0 aliphatic carbocycles. The van der Waals surface area contributed by atoms with E-state index in [0.29, 0.717) is 31.2 Å². The summed E-state index contributed by atoms with van der Waals surface area (Å²) in [5, 5.41) is 11.0. The predicted octanol–water partition coefficient (Wildman–Crippen LogP) is 3.35. The van der Waals surface area contributed by atoms with Gasteiger partial charge in [-0.05, 0) is 43.2 Å². The highest BCUT2D eigenvalue weighted by Gasteiger charge is 2.10. The number of rotatable bonds is 8. The number of benzene rings is 2. The number of aryl methyl sites for hydroxylation is 2. The maximum absolute atomic E-state index is 12.0. The Hall–Kier alpha value is -3.15. The lowest BCUT2D eigenvalue weighted by atomic mass is 10.1. The lowest BCUT2D eigenvalue weighted by Crippen LogP contribution is -2.25. The minimum absolute atomic E-state index is 0.0291. The summed E-state index contributed by atoms with van der Waals surface area (Å²) in [7, 11) is 1.64. The van der Waals surface area contributed by atoms with Gasteiger partial charge in [0.15, 0.2) is 0 Å². The van der Waals surface area contributed by atoms with Gasteiger partial charge in [-0.3, -0.25) is 4.79 Å². The summed E-state index contributed by atoms with van der Waals surface area (Å²) in [6.07, 6.45) is 1.51. The third-order valence-electron chi connectivity index (χ3n) is 4.23. The summed E-state index contributed by atoms with van der Waals surface area (Å²) in [6, 6.07) is 15.7. The van der Waals surface area contributed by atoms with Crippen molar-refractivity contribution in [3.05, 3.63) is 65.5 Å². The van der Waals surface area contributed by atoms with E-state index in [1.807, 2.05) is 55.5 Å². The third-order valence-corrected chi connectivity index (χ3v) is 4.23. The van der Waals surface area contributed by atoms with Crippen LogP contribution in [0.15, 0.2) is 52.9 Å². The first-order valence-corrected chi connectivity index (χ1v) is 8.93. The van der Waals surface area contributed by atoms with Gasteiger partial charge in [-0.15, -0.1) is 10.2 Å². The Bertz CT molecular complexity index is 870. The molecule has 3 rings (SSSR count). The summed E-state index contributed by atoms with van der Waals surface area (Å²) in [5.41, 5.74) is 3.20. The molecular weight excluding hydrogens is 342 g/mol. The van der Waals surface area contributed by atoms with E-state index in [2.05, 4.69) is 15.5 Å². The highest BCUT2D eigenvalue weighted by Crippen LogP contribution is 2.18. The minimum atomic E-state index is -0.0291. The quantitative estimate of drug-likeness (QED) is 0.662. The Morgan fingerprint density at radius 3 is 2.48 bits per heavy atom. The molecule has 0 spiro atoms. The van der Waals surface area contributed by atoms with Crippen LogP contribution in [0.1, 0.15) is 23.4 Å². The van der Waals surface area contributed by atoms with Gasteiger partial charge in [0.1, 0.15) is 5.75 Å². The molecule has 140 valence electrons. The van der Waals surface area contributed by atoms with Crippen LogP contribution in [0.3, 0.4) is 0 Å². The molecule has 0 fully saturated rings. The Balaban J connectivity index is 1.42. The van der Waals surface area contributed by atoms with Gasteiger partial charge in [0.2, 0.25) is 17.7 Å². The molecular formula is C21H23N3O3. The molecule has 0 saturated heterocycles. The van der Waals surface area contributed by atoms with Crippen molar-refractivity contribution in [3.8, 4) is 17.2 Å². The van der Waals surface area contributed by atoms with E-state index in [4.69, 9.17) is 9.15 Å². The Morgan fingerprint density at radius 1 is 1.04 bits per heavy atom. The normalized spacial score (nSPS) is 10.6. The van der Waals surface area contributed by atoms with Gasteiger partial charge in [0.25, 0.3) is 0 Å². The smallest absolute Gasteiger partial charge is 0.247 e. The molecule has 6 heteroatoms. The summed E-state index contributed by atoms with van der Waals surface area (Å²) >= 11 is 0. The molecule has 0 aliphatic heterocycles. The largest absolute Gasteiger partial charge is 0.497 e.